The Morgan fingerprint density at radius 2 is 1.48 bits per heavy atom. The van der Waals surface area contributed by atoms with Gasteiger partial charge in [-0.2, -0.15) is 0 Å². The summed E-state index contributed by atoms with van der Waals surface area (Å²) in [7, 11) is 0. The van der Waals surface area contributed by atoms with Crippen molar-refractivity contribution in [2.45, 2.75) is 72.0 Å². The zero-order valence-corrected chi connectivity index (χ0v) is 16.3. The van der Waals surface area contributed by atoms with Gasteiger partial charge in [-0.05, 0) is 54.4 Å². The molecule has 0 aliphatic rings. The van der Waals surface area contributed by atoms with Crippen LogP contribution in [-0.4, -0.2) is 53.8 Å². The summed E-state index contributed by atoms with van der Waals surface area (Å²) in [5.74, 6) is -0.472. The Bertz CT molecular complexity index is 452. The second kappa shape index (κ2) is 10.1. The molecule has 0 atom stereocenters. The Morgan fingerprint density at radius 3 is 1.96 bits per heavy atom. The van der Waals surface area contributed by atoms with Crippen molar-refractivity contribution in [1.29, 1.82) is 0 Å². The first-order valence-corrected chi connectivity index (χ1v) is 8.53. The van der Waals surface area contributed by atoms with Crippen LogP contribution in [0.25, 0.3) is 0 Å². The van der Waals surface area contributed by atoms with Crippen molar-refractivity contribution in [2.24, 2.45) is 5.73 Å². The van der Waals surface area contributed by atoms with Gasteiger partial charge in [-0.25, -0.2) is 9.59 Å². The molecule has 0 aliphatic heterocycles. The molecule has 0 aromatic carbocycles. The van der Waals surface area contributed by atoms with Crippen LogP contribution in [0.3, 0.4) is 0 Å². The maximum absolute atomic E-state index is 12.2. The van der Waals surface area contributed by atoms with Crippen LogP contribution in [0.15, 0.2) is 0 Å². The largest absolute Gasteiger partial charge is 0.444 e. The number of primary amides is 1. The van der Waals surface area contributed by atoms with Crippen molar-refractivity contribution < 1.29 is 23.9 Å². The molecule has 8 heteroatoms. The predicted molar refractivity (Wildman–Crippen MR) is 95.1 cm³/mol. The van der Waals surface area contributed by atoms with Crippen molar-refractivity contribution in [3.05, 3.63) is 0 Å². The maximum atomic E-state index is 12.2. The molecule has 0 saturated carbocycles. The van der Waals surface area contributed by atoms with Crippen LogP contribution in [0.2, 0.25) is 0 Å². The summed E-state index contributed by atoms with van der Waals surface area (Å²) in [6.45, 7) is 11.8. The number of nitrogens with two attached hydrogens (primary N) is 1. The van der Waals surface area contributed by atoms with Crippen LogP contribution in [0, 0.1) is 0 Å². The van der Waals surface area contributed by atoms with Gasteiger partial charge in [-0.3, -0.25) is 4.79 Å². The molecule has 3 N–H and O–H groups in total. The average Bonchev–Trinajstić information content (AvgIpc) is 2.37. The second-order valence-electron chi connectivity index (χ2n) is 7.82. The fourth-order valence-corrected chi connectivity index (χ4v) is 1.80. The smallest absolute Gasteiger partial charge is 0.410 e. The number of carbonyl (C=O) groups is 3. The van der Waals surface area contributed by atoms with E-state index in [0.29, 0.717) is 25.9 Å². The third-order valence-electron chi connectivity index (χ3n) is 2.80. The molecular formula is C17H33N3O5. The molecule has 0 spiro atoms. The van der Waals surface area contributed by atoms with E-state index in [1.165, 1.54) is 4.90 Å². The van der Waals surface area contributed by atoms with E-state index in [2.05, 4.69) is 5.32 Å². The van der Waals surface area contributed by atoms with Crippen LogP contribution in [-0.2, 0) is 14.3 Å². The zero-order valence-electron chi connectivity index (χ0n) is 16.3. The first kappa shape index (κ1) is 23.0. The Balaban J connectivity index is 4.27. The summed E-state index contributed by atoms with van der Waals surface area (Å²) in [4.78, 5) is 36.1. The van der Waals surface area contributed by atoms with E-state index in [0.717, 1.165) is 0 Å². The van der Waals surface area contributed by atoms with Crippen LogP contribution < -0.4 is 11.1 Å². The highest BCUT2D eigenvalue weighted by molar-refractivity contribution is 5.75. The number of alkyl carbamates (subject to hydrolysis) is 1. The quantitative estimate of drug-likeness (QED) is 0.647. The molecular weight excluding hydrogens is 326 g/mol. The molecule has 0 fully saturated rings. The zero-order chi connectivity index (χ0) is 19.7. The number of nitrogens with one attached hydrogen (secondary N) is 1. The van der Waals surface area contributed by atoms with Gasteiger partial charge in [-0.1, -0.05) is 0 Å². The van der Waals surface area contributed by atoms with Crippen molar-refractivity contribution >= 4 is 18.1 Å². The van der Waals surface area contributed by atoms with Crippen LogP contribution in [0.5, 0.6) is 0 Å². The van der Waals surface area contributed by atoms with Crippen molar-refractivity contribution in [3.63, 3.8) is 0 Å². The fourth-order valence-electron chi connectivity index (χ4n) is 1.80. The topological polar surface area (TPSA) is 111 Å². The lowest BCUT2D eigenvalue weighted by atomic mass is 10.2. The monoisotopic (exact) mass is 359 g/mol. The van der Waals surface area contributed by atoms with Crippen LogP contribution in [0.1, 0.15) is 60.8 Å². The summed E-state index contributed by atoms with van der Waals surface area (Å²) in [5, 5.41) is 2.66. The number of nitrogens with zero attached hydrogens (tertiary/aromatic N) is 1. The summed E-state index contributed by atoms with van der Waals surface area (Å²) in [6.07, 6.45) is 0.442. The molecule has 0 radical (unpaired) electrons. The number of amides is 3. The van der Waals surface area contributed by atoms with E-state index in [9.17, 15) is 14.4 Å². The molecule has 0 rings (SSSR count). The highest BCUT2D eigenvalue weighted by atomic mass is 16.6. The normalized spacial score (nSPS) is 11.6. The van der Waals surface area contributed by atoms with E-state index in [1.54, 1.807) is 41.5 Å². The first-order chi connectivity index (χ1) is 11.3. The van der Waals surface area contributed by atoms with Crippen molar-refractivity contribution in [1.82, 2.24) is 10.2 Å². The van der Waals surface area contributed by atoms with E-state index in [1.807, 2.05) is 0 Å². The minimum absolute atomic E-state index is 0.0788. The molecule has 0 aromatic rings. The molecule has 0 heterocycles. The Morgan fingerprint density at radius 1 is 0.920 bits per heavy atom. The number of rotatable bonds is 8. The van der Waals surface area contributed by atoms with Crippen molar-refractivity contribution in [3.8, 4) is 0 Å². The SMILES string of the molecule is CC(C)(C)OC(=O)NCCCCN(CCC(N)=O)C(=O)OC(C)(C)C. The third-order valence-corrected chi connectivity index (χ3v) is 2.80. The standard InChI is InChI=1S/C17H33N3O5/c1-16(2,3)24-14(22)19-10-7-8-11-20(12-9-13(18)21)15(23)25-17(4,5)6/h7-12H2,1-6H3,(H2,18,21)(H,19,22). The first-order valence-electron chi connectivity index (χ1n) is 8.53. The molecule has 0 unspecified atom stereocenters. The number of hydrogen-bond acceptors (Lipinski definition) is 5. The van der Waals surface area contributed by atoms with Crippen LogP contribution >= 0.6 is 0 Å². The molecule has 146 valence electrons. The van der Waals surface area contributed by atoms with E-state index in [-0.39, 0.29) is 13.0 Å². The van der Waals surface area contributed by atoms with Gasteiger partial charge in [0.1, 0.15) is 11.2 Å². The van der Waals surface area contributed by atoms with Gasteiger partial charge in [0, 0.05) is 26.1 Å². The average molecular weight is 359 g/mol. The lowest BCUT2D eigenvalue weighted by Gasteiger charge is -2.27. The number of ether oxygens (including phenoxy) is 2. The summed E-state index contributed by atoms with van der Waals surface area (Å²) < 4.78 is 10.5. The van der Waals surface area contributed by atoms with Gasteiger partial charge in [0.2, 0.25) is 5.91 Å². The van der Waals surface area contributed by atoms with E-state index in [4.69, 9.17) is 15.2 Å². The lowest BCUT2D eigenvalue weighted by Crippen LogP contribution is -2.39. The van der Waals surface area contributed by atoms with Gasteiger partial charge in [0.15, 0.2) is 0 Å². The third kappa shape index (κ3) is 14.1. The summed E-state index contributed by atoms with van der Waals surface area (Å²) in [6, 6.07) is 0. The molecule has 0 bridgehead atoms. The molecule has 0 saturated heterocycles. The second-order valence-corrected chi connectivity index (χ2v) is 7.82. The van der Waals surface area contributed by atoms with E-state index < -0.39 is 29.3 Å². The number of carbonyl (C=O) groups excluding carboxylic acids is 3. The molecule has 0 aliphatic carbocycles. The highest BCUT2D eigenvalue weighted by Gasteiger charge is 2.22. The minimum atomic E-state index is -0.611. The molecule has 3 amide bonds. The maximum Gasteiger partial charge on any atom is 0.410 e. The van der Waals surface area contributed by atoms with Crippen LogP contribution in [0.4, 0.5) is 9.59 Å². The summed E-state index contributed by atoms with van der Waals surface area (Å²) >= 11 is 0. The summed E-state index contributed by atoms with van der Waals surface area (Å²) in [5.41, 5.74) is 4.00. The van der Waals surface area contributed by atoms with Gasteiger partial charge in [-0.15, -0.1) is 0 Å². The highest BCUT2D eigenvalue weighted by Crippen LogP contribution is 2.11. The molecule has 0 aromatic heterocycles. The van der Waals surface area contributed by atoms with Gasteiger partial charge >= 0.3 is 12.2 Å². The minimum Gasteiger partial charge on any atom is -0.444 e. The molecule has 25 heavy (non-hydrogen) atoms. The van der Waals surface area contributed by atoms with E-state index >= 15 is 0 Å². The molecule has 8 nitrogen and oxygen atoms in total. The van der Waals surface area contributed by atoms with Gasteiger partial charge in [0.05, 0.1) is 0 Å². The number of unbranched alkanes of at least 4 members (excludes halogenated alkanes) is 1. The predicted octanol–water partition coefficient (Wildman–Crippen LogP) is 2.40. The fraction of sp³-hybridized carbons (Fsp3) is 0.824. The Kier molecular flexibility index (Phi) is 9.30. The Labute approximate surface area is 150 Å². The van der Waals surface area contributed by atoms with Gasteiger partial charge in [0.25, 0.3) is 0 Å². The lowest BCUT2D eigenvalue weighted by molar-refractivity contribution is -0.118. The van der Waals surface area contributed by atoms with Crippen molar-refractivity contribution in [2.75, 3.05) is 19.6 Å². The Hall–Kier alpha value is -1.99. The number of hydrogen-bond donors (Lipinski definition) is 2. The van der Waals surface area contributed by atoms with Gasteiger partial charge < -0.3 is 25.4 Å².